The van der Waals surface area contributed by atoms with Gasteiger partial charge in [-0.2, -0.15) is 0 Å². The van der Waals surface area contributed by atoms with Crippen molar-refractivity contribution in [1.82, 2.24) is 0 Å². The number of Topliss-reactive ketones (excluding diaryl/α,β-unsaturated/α-hetero) is 1. The third-order valence-electron chi connectivity index (χ3n) is 3.84. The molecule has 1 aliphatic heterocycles. The van der Waals surface area contributed by atoms with E-state index in [9.17, 15) is 14.5 Å². The van der Waals surface area contributed by atoms with E-state index in [0.717, 1.165) is 0 Å². The van der Waals surface area contributed by atoms with Gasteiger partial charge >= 0.3 is 5.63 Å². The number of carbonyl (C=O) groups excluding carboxylic acids is 1. The van der Waals surface area contributed by atoms with Crippen molar-refractivity contribution in [2.75, 3.05) is 0 Å². The number of nitrogens with zero attached hydrogens (tertiary/aromatic N) is 1. The Kier molecular flexibility index (Phi) is 2.90. The molecule has 0 radical (unpaired) electrons. The molecule has 0 N–H and O–H groups in total. The molecule has 1 aliphatic rings. The van der Waals surface area contributed by atoms with Crippen molar-refractivity contribution in [1.29, 1.82) is 0 Å². The number of hydrogen-bond donors (Lipinski definition) is 0. The van der Waals surface area contributed by atoms with E-state index < -0.39 is 5.63 Å². The number of carbonyl (C=O) groups is 1. The van der Waals surface area contributed by atoms with Gasteiger partial charge in [0.2, 0.25) is 0 Å². The van der Waals surface area contributed by atoms with E-state index in [0.29, 0.717) is 16.5 Å². The lowest BCUT2D eigenvalue weighted by atomic mass is 9.95. The maximum Gasteiger partial charge on any atom is 0.339 e. The number of fused-ring (bicyclic) bond motifs is 3. The first-order chi connectivity index (χ1) is 9.93. The molecule has 6 heteroatoms. The Morgan fingerprint density at radius 1 is 1.24 bits per heavy atom. The van der Waals surface area contributed by atoms with Gasteiger partial charge in [-0.05, 0) is 31.5 Å². The smallest absolute Gasteiger partial charge is 0.339 e. The summed E-state index contributed by atoms with van der Waals surface area (Å²) in [7, 11) is 0. The summed E-state index contributed by atoms with van der Waals surface area (Å²) >= 11 is 0. The second-order valence-electron chi connectivity index (χ2n) is 5.26. The lowest BCUT2D eigenvalue weighted by Gasteiger charge is -2.23. The molecule has 2 heterocycles. The predicted molar refractivity (Wildman–Crippen MR) is 76.5 cm³/mol. The van der Waals surface area contributed by atoms with Crippen LogP contribution in [0.1, 0.15) is 34.8 Å². The van der Waals surface area contributed by atoms with Gasteiger partial charge in [-0.3, -0.25) is 4.79 Å². The Labute approximate surface area is 119 Å². The van der Waals surface area contributed by atoms with Gasteiger partial charge in [-0.15, -0.1) is 4.91 Å². The fourth-order valence-electron chi connectivity index (χ4n) is 2.65. The first kappa shape index (κ1) is 13.5. The van der Waals surface area contributed by atoms with Crippen molar-refractivity contribution >= 4 is 22.4 Å². The Morgan fingerprint density at radius 3 is 2.62 bits per heavy atom. The number of rotatable bonds is 1. The van der Waals surface area contributed by atoms with Crippen LogP contribution < -0.4 is 10.4 Å². The van der Waals surface area contributed by atoms with Crippen molar-refractivity contribution in [2.45, 2.75) is 33.3 Å². The Hall–Kier alpha value is -2.50. The van der Waals surface area contributed by atoms with Gasteiger partial charge in [0.05, 0.1) is 5.39 Å². The summed E-state index contributed by atoms with van der Waals surface area (Å²) in [5.41, 5.74) is 0.865. The molecule has 1 atom stereocenters. The van der Waals surface area contributed by atoms with Crippen molar-refractivity contribution in [3.63, 3.8) is 0 Å². The largest absolute Gasteiger partial charge is 0.489 e. The monoisotopic (exact) mass is 287 g/mol. The van der Waals surface area contributed by atoms with Gasteiger partial charge in [0, 0.05) is 18.1 Å². The molecule has 0 spiro atoms. The lowest BCUT2D eigenvalue weighted by Crippen LogP contribution is -2.24. The highest BCUT2D eigenvalue weighted by atomic mass is 16.5. The molecular weight excluding hydrogens is 274 g/mol. The molecule has 0 bridgehead atoms. The summed E-state index contributed by atoms with van der Waals surface area (Å²) in [5.74, 6) is 0.0739. The van der Waals surface area contributed by atoms with E-state index in [-0.39, 0.29) is 40.9 Å². The maximum absolute atomic E-state index is 12.3. The molecule has 1 aromatic carbocycles. The molecule has 0 saturated carbocycles. The maximum atomic E-state index is 12.3. The minimum absolute atomic E-state index is 0.0899. The number of benzene rings is 1. The van der Waals surface area contributed by atoms with Crippen LogP contribution in [-0.2, 0) is 0 Å². The number of aryl methyl sites for hydroxylation is 1. The van der Waals surface area contributed by atoms with Crippen molar-refractivity contribution in [2.24, 2.45) is 5.18 Å². The predicted octanol–water partition coefficient (Wildman–Crippen LogP) is 3.16. The highest BCUT2D eigenvalue weighted by molar-refractivity contribution is 6.12. The summed E-state index contributed by atoms with van der Waals surface area (Å²) in [6.07, 6.45) is -0.0905. The molecule has 1 aromatic heterocycles. The van der Waals surface area contributed by atoms with Crippen LogP contribution in [0.5, 0.6) is 5.75 Å². The van der Waals surface area contributed by atoms with Crippen molar-refractivity contribution in [3.8, 4) is 5.75 Å². The quantitative estimate of drug-likeness (QED) is 0.594. The average Bonchev–Trinajstić information content (AvgIpc) is 2.42. The van der Waals surface area contributed by atoms with Crippen LogP contribution in [0, 0.1) is 18.8 Å². The second kappa shape index (κ2) is 4.51. The molecule has 2 aromatic rings. The average molecular weight is 287 g/mol. The standard InChI is InChI=1S/C15H13NO5/c1-6-4-10(17)13-11(20-6)5-9(16-19)12-7(2)8(3)15(18)21-14(12)13/h5-6H,4H2,1-3H3. The van der Waals surface area contributed by atoms with E-state index in [1.54, 1.807) is 20.8 Å². The fraction of sp³-hybridized carbons (Fsp3) is 0.333. The van der Waals surface area contributed by atoms with Crippen LogP contribution in [0.2, 0.25) is 0 Å². The highest BCUT2D eigenvalue weighted by Crippen LogP contribution is 2.40. The molecule has 21 heavy (non-hydrogen) atoms. The number of nitroso groups, excluding NO2 is 1. The first-order valence-electron chi connectivity index (χ1n) is 6.58. The van der Waals surface area contributed by atoms with Crippen LogP contribution >= 0.6 is 0 Å². The zero-order valence-electron chi connectivity index (χ0n) is 11.9. The van der Waals surface area contributed by atoms with Gasteiger partial charge in [0.1, 0.15) is 23.1 Å². The Bertz CT molecular complexity index is 849. The van der Waals surface area contributed by atoms with E-state index in [1.807, 2.05) is 0 Å². The van der Waals surface area contributed by atoms with Gasteiger partial charge in [-0.1, -0.05) is 0 Å². The van der Waals surface area contributed by atoms with Gasteiger partial charge in [0.15, 0.2) is 11.4 Å². The fourth-order valence-corrected chi connectivity index (χ4v) is 2.65. The zero-order valence-corrected chi connectivity index (χ0v) is 11.9. The molecular formula is C15H13NO5. The minimum atomic E-state index is -0.531. The molecule has 1 unspecified atom stereocenters. The molecule has 3 rings (SSSR count). The summed E-state index contributed by atoms with van der Waals surface area (Å²) < 4.78 is 10.8. The Morgan fingerprint density at radius 2 is 1.95 bits per heavy atom. The summed E-state index contributed by atoms with van der Waals surface area (Å²) in [5, 5.41) is 3.38. The van der Waals surface area contributed by atoms with Gasteiger partial charge in [-0.25, -0.2) is 4.79 Å². The van der Waals surface area contributed by atoms with Crippen LogP contribution in [0.4, 0.5) is 5.69 Å². The summed E-state index contributed by atoms with van der Waals surface area (Å²) in [4.78, 5) is 35.3. The molecule has 6 nitrogen and oxygen atoms in total. The van der Waals surface area contributed by atoms with E-state index in [4.69, 9.17) is 9.15 Å². The summed E-state index contributed by atoms with van der Waals surface area (Å²) in [6, 6.07) is 1.44. The molecule has 108 valence electrons. The van der Waals surface area contributed by atoms with Crippen molar-refractivity contribution in [3.05, 3.63) is 38.1 Å². The molecule has 0 amide bonds. The molecule has 0 aliphatic carbocycles. The highest BCUT2D eigenvalue weighted by Gasteiger charge is 2.30. The van der Waals surface area contributed by atoms with Gasteiger partial charge < -0.3 is 9.15 Å². The topological polar surface area (TPSA) is 85.9 Å². The van der Waals surface area contributed by atoms with Crippen LogP contribution in [0.3, 0.4) is 0 Å². The number of ketones is 1. The lowest BCUT2D eigenvalue weighted by molar-refractivity contribution is 0.0872. The molecule has 0 fully saturated rings. The zero-order chi connectivity index (χ0) is 15.3. The summed E-state index contributed by atoms with van der Waals surface area (Å²) in [6.45, 7) is 5.07. The Balaban J connectivity index is 2.53. The van der Waals surface area contributed by atoms with E-state index in [1.165, 1.54) is 6.07 Å². The first-order valence-corrected chi connectivity index (χ1v) is 6.58. The molecule has 0 saturated heterocycles. The SMILES string of the molecule is Cc1c(C)c2c(N=O)cc3c(c2oc1=O)C(=O)CC(C)O3. The van der Waals surface area contributed by atoms with E-state index in [2.05, 4.69) is 5.18 Å². The van der Waals surface area contributed by atoms with Crippen LogP contribution in [0.15, 0.2) is 20.5 Å². The van der Waals surface area contributed by atoms with Crippen LogP contribution in [0.25, 0.3) is 11.0 Å². The van der Waals surface area contributed by atoms with Gasteiger partial charge in [0.25, 0.3) is 0 Å². The third-order valence-corrected chi connectivity index (χ3v) is 3.84. The number of hydrogen-bond acceptors (Lipinski definition) is 6. The number of ether oxygens (including phenoxy) is 1. The second-order valence-corrected chi connectivity index (χ2v) is 5.26. The normalized spacial score (nSPS) is 17.5. The van der Waals surface area contributed by atoms with Crippen molar-refractivity contribution < 1.29 is 13.9 Å². The third kappa shape index (κ3) is 1.86. The van der Waals surface area contributed by atoms with E-state index >= 15 is 0 Å². The van der Waals surface area contributed by atoms with Crippen LogP contribution in [-0.4, -0.2) is 11.9 Å². The minimum Gasteiger partial charge on any atom is -0.489 e.